The van der Waals surface area contributed by atoms with Crippen molar-refractivity contribution in [2.24, 2.45) is 11.8 Å². The Bertz CT molecular complexity index is 690. The largest absolute Gasteiger partial charge is 0.348 e. The Hall–Kier alpha value is -2.41. The van der Waals surface area contributed by atoms with Crippen molar-refractivity contribution in [2.75, 3.05) is 36.8 Å². The van der Waals surface area contributed by atoms with E-state index in [0.29, 0.717) is 17.9 Å². The molecule has 1 aliphatic rings. The summed E-state index contributed by atoms with van der Waals surface area (Å²) in [6, 6.07) is 6.75. The van der Waals surface area contributed by atoms with Gasteiger partial charge in [0, 0.05) is 30.4 Å². The number of rotatable bonds is 7. The minimum absolute atomic E-state index is 0.107. The second kappa shape index (κ2) is 10.8. The molecule has 0 radical (unpaired) electrons. The zero-order valence-electron chi connectivity index (χ0n) is 17.1. The number of benzene rings is 1. The molecule has 0 saturated carbocycles. The minimum Gasteiger partial charge on any atom is -0.348 e. The van der Waals surface area contributed by atoms with E-state index in [4.69, 9.17) is 0 Å². The number of carbonyl (C=O) groups is 3. The summed E-state index contributed by atoms with van der Waals surface area (Å²) in [5, 5.41) is 8.00. The van der Waals surface area contributed by atoms with E-state index in [1.54, 1.807) is 38.1 Å². The van der Waals surface area contributed by atoms with Gasteiger partial charge in [-0.25, -0.2) is 0 Å². The quantitative estimate of drug-likeness (QED) is 0.494. The highest BCUT2D eigenvalue weighted by atomic mass is 16.2. The van der Waals surface area contributed by atoms with Crippen molar-refractivity contribution < 1.29 is 14.4 Å². The van der Waals surface area contributed by atoms with Crippen LogP contribution in [0.4, 0.5) is 11.4 Å². The van der Waals surface area contributed by atoms with Crippen LogP contribution in [-0.2, 0) is 14.4 Å². The molecule has 0 aliphatic carbocycles. The maximum absolute atomic E-state index is 12.1. The van der Waals surface area contributed by atoms with E-state index in [2.05, 4.69) is 27.8 Å². The fourth-order valence-electron chi connectivity index (χ4n) is 3.22. The third-order valence-corrected chi connectivity index (χ3v) is 4.80. The van der Waals surface area contributed by atoms with Gasteiger partial charge in [-0.15, -0.1) is 0 Å². The fourth-order valence-corrected chi connectivity index (χ4v) is 3.22. The fraction of sp³-hybridized carbons (Fsp3) is 0.571. The van der Waals surface area contributed by atoms with Gasteiger partial charge < -0.3 is 20.9 Å². The van der Waals surface area contributed by atoms with Crippen LogP contribution >= 0.6 is 0 Å². The van der Waals surface area contributed by atoms with Gasteiger partial charge in [0.2, 0.25) is 5.91 Å². The Labute approximate surface area is 167 Å². The zero-order chi connectivity index (χ0) is 20.5. The molecule has 1 heterocycles. The number of hydrogen-bond donors (Lipinski definition) is 3. The molecule has 7 nitrogen and oxygen atoms in total. The summed E-state index contributed by atoms with van der Waals surface area (Å²) in [7, 11) is 0. The number of likely N-dealkylation sites (tertiary alicyclic amines) is 1. The van der Waals surface area contributed by atoms with Crippen LogP contribution < -0.4 is 16.0 Å². The van der Waals surface area contributed by atoms with Gasteiger partial charge in [-0.3, -0.25) is 14.4 Å². The zero-order valence-corrected chi connectivity index (χ0v) is 17.1. The molecule has 0 spiro atoms. The maximum Gasteiger partial charge on any atom is 0.313 e. The molecule has 1 saturated heterocycles. The van der Waals surface area contributed by atoms with E-state index in [9.17, 15) is 14.4 Å². The Morgan fingerprint density at radius 2 is 1.86 bits per heavy atom. The van der Waals surface area contributed by atoms with Gasteiger partial charge in [0.15, 0.2) is 0 Å². The van der Waals surface area contributed by atoms with Crippen LogP contribution in [0.1, 0.15) is 40.0 Å². The number of anilines is 2. The molecule has 7 heteroatoms. The molecule has 1 fully saturated rings. The molecular weight excluding hydrogens is 356 g/mol. The Morgan fingerprint density at radius 1 is 1.14 bits per heavy atom. The second-order valence-electron chi connectivity index (χ2n) is 7.84. The highest BCUT2D eigenvalue weighted by Crippen LogP contribution is 2.16. The molecule has 28 heavy (non-hydrogen) atoms. The van der Waals surface area contributed by atoms with Crippen LogP contribution in [0, 0.1) is 11.8 Å². The third-order valence-electron chi connectivity index (χ3n) is 4.80. The van der Waals surface area contributed by atoms with Gasteiger partial charge in [-0.05, 0) is 56.5 Å². The molecule has 3 N–H and O–H groups in total. The van der Waals surface area contributed by atoms with E-state index in [1.165, 1.54) is 12.8 Å². The van der Waals surface area contributed by atoms with E-state index >= 15 is 0 Å². The lowest BCUT2D eigenvalue weighted by molar-refractivity contribution is -0.136. The lowest BCUT2D eigenvalue weighted by atomic mass is 10.0. The highest BCUT2D eigenvalue weighted by Gasteiger charge is 2.17. The van der Waals surface area contributed by atoms with E-state index in [0.717, 1.165) is 32.0 Å². The van der Waals surface area contributed by atoms with Crippen molar-refractivity contribution in [1.82, 2.24) is 10.2 Å². The number of nitrogens with one attached hydrogen (secondary N) is 3. The molecular formula is C21H32N4O3. The van der Waals surface area contributed by atoms with Crippen molar-refractivity contribution in [3.63, 3.8) is 0 Å². The molecule has 3 amide bonds. The minimum atomic E-state index is -0.709. The molecule has 1 unspecified atom stereocenters. The van der Waals surface area contributed by atoms with Crippen molar-refractivity contribution in [1.29, 1.82) is 0 Å². The standard InChI is InChI=1S/C21H32N4O3/c1-15(2)19(26)23-17-8-4-9-18(13-17)24-21(28)20(27)22-10-6-12-25-11-5-7-16(3)14-25/h4,8-9,13,15-16H,5-7,10-12,14H2,1-3H3,(H,22,27)(H,23,26)(H,24,28). The van der Waals surface area contributed by atoms with E-state index in [-0.39, 0.29) is 11.8 Å². The van der Waals surface area contributed by atoms with Gasteiger partial charge in [0.1, 0.15) is 0 Å². The van der Waals surface area contributed by atoms with Crippen molar-refractivity contribution in [3.8, 4) is 0 Å². The van der Waals surface area contributed by atoms with E-state index < -0.39 is 11.8 Å². The maximum atomic E-state index is 12.1. The average molecular weight is 389 g/mol. The predicted molar refractivity (Wildman–Crippen MR) is 111 cm³/mol. The van der Waals surface area contributed by atoms with Crippen molar-refractivity contribution in [2.45, 2.75) is 40.0 Å². The first-order valence-electron chi connectivity index (χ1n) is 10.1. The number of hydrogen-bond acceptors (Lipinski definition) is 4. The van der Waals surface area contributed by atoms with Gasteiger partial charge in [0.25, 0.3) is 0 Å². The first kappa shape index (κ1) is 21.9. The van der Waals surface area contributed by atoms with Gasteiger partial charge in [-0.1, -0.05) is 26.8 Å². The van der Waals surface area contributed by atoms with Crippen LogP contribution in [0.15, 0.2) is 24.3 Å². The summed E-state index contributed by atoms with van der Waals surface area (Å²) in [6.45, 7) is 9.50. The van der Waals surface area contributed by atoms with Crippen LogP contribution in [0.25, 0.3) is 0 Å². The van der Waals surface area contributed by atoms with Crippen molar-refractivity contribution >= 4 is 29.1 Å². The summed E-state index contributed by atoms with van der Waals surface area (Å²) in [5.74, 6) is -0.876. The Kier molecular flexibility index (Phi) is 8.44. The summed E-state index contributed by atoms with van der Waals surface area (Å²) < 4.78 is 0. The molecule has 154 valence electrons. The molecule has 1 aliphatic heterocycles. The van der Waals surface area contributed by atoms with Crippen LogP contribution in [-0.4, -0.2) is 48.8 Å². The summed E-state index contributed by atoms with van der Waals surface area (Å²) in [4.78, 5) is 38.2. The SMILES string of the molecule is CC1CCCN(CCCNC(=O)C(=O)Nc2cccc(NC(=O)C(C)C)c2)C1. The molecule has 2 rings (SSSR count). The topological polar surface area (TPSA) is 90.5 Å². The third kappa shape index (κ3) is 7.31. The predicted octanol–water partition coefficient (Wildman–Crippen LogP) is 2.46. The number of carbonyl (C=O) groups excluding carboxylic acids is 3. The summed E-state index contributed by atoms with van der Waals surface area (Å²) in [6.07, 6.45) is 3.34. The normalized spacial score (nSPS) is 17.2. The molecule has 0 bridgehead atoms. The molecule has 0 aromatic heterocycles. The van der Waals surface area contributed by atoms with Gasteiger partial charge in [-0.2, -0.15) is 0 Å². The van der Waals surface area contributed by atoms with E-state index in [1.807, 2.05) is 0 Å². The average Bonchev–Trinajstić information content (AvgIpc) is 2.65. The van der Waals surface area contributed by atoms with Crippen LogP contribution in [0.5, 0.6) is 0 Å². The first-order valence-corrected chi connectivity index (χ1v) is 10.1. The number of nitrogens with zero attached hydrogens (tertiary/aromatic N) is 1. The molecule has 1 atom stereocenters. The number of amides is 3. The monoisotopic (exact) mass is 388 g/mol. The first-order chi connectivity index (χ1) is 13.3. The van der Waals surface area contributed by atoms with Crippen LogP contribution in [0.2, 0.25) is 0 Å². The van der Waals surface area contributed by atoms with Gasteiger partial charge >= 0.3 is 11.8 Å². The summed E-state index contributed by atoms with van der Waals surface area (Å²) in [5.41, 5.74) is 1.04. The lowest BCUT2D eigenvalue weighted by Crippen LogP contribution is -2.39. The molecule has 1 aromatic carbocycles. The smallest absolute Gasteiger partial charge is 0.313 e. The Morgan fingerprint density at radius 3 is 2.54 bits per heavy atom. The lowest BCUT2D eigenvalue weighted by Gasteiger charge is -2.30. The number of piperidine rings is 1. The van der Waals surface area contributed by atoms with Crippen molar-refractivity contribution in [3.05, 3.63) is 24.3 Å². The summed E-state index contributed by atoms with van der Waals surface area (Å²) >= 11 is 0. The Balaban J connectivity index is 1.73. The second-order valence-corrected chi connectivity index (χ2v) is 7.84. The van der Waals surface area contributed by atoms with Crippen LogP contribution in [0.3, 0.4) is 0 Å². The molecule has 1 aromatic rings. The highest BCUT2D eigenvalue weighted by molar-refractivity contribution is 6.39. The van der Waals surface area contributed by atoms with Gasteiger partial charge in [0.05, 0.1) is 0 Å².